The van der Waals surface area contributed by atoms with E-state index in [0.717, 1.165) is 25.0 Å². The summed E-state index contributed by atoms with van der Waals surface area (Å²) in [6.45, 7) is 4.84. The molecule has 0 aliphatic heterocycles. The highest BCUT2D eigenvalue weighted by atomic mass is 16.5. The van der Waals surface area contributed by atoms with Crippen molar-refractivity contribution in [2.75, 3.05) is 13.7 Å². The molecule has 0 bridgehead atoms. The lowest BCUT2D eigenvalue weighted by atomic mass is 10.1. The lowest BCUT2D eigenvalue weighted by Crippen LogP contribution is -2.25. The molecule has 2 aromatic rings. The highest BCUT2D eigenvalue weighted by Crippen LogP contribution is 2.20. The molecule has 128 valence electrons. The molecule has 2 aromatic carbocycles. The molecule has 1 amide bonds. The van der Waals surface area contributed by atoms with Crippen molar-refractivity contribution in [2.24, 2.45) is 0 Å². The maximum absolute atomic E-state index is 12.0. The summed E-state index contributed by atoms with van der Waals surface area (Å²) in [5.74, 6) is 1.04. The molecule has 0 unspecified atom stereocenters. The third-order valence-electron chi connectivity index (χ3n) is 4.23. The topological polar surface area (TPSA) is 38.3 Å². The second-order valence-corrected chi connectivity index (χ2v) is 6.09. The first-order valence-corrected chi connectivity index (χ1v) is 8.60. The van der Waals surface area contributed by atoms with Crippen LogP contribution in [0.5, 0.6) is 5.75 Å². The first-order chi connectivity index (χ1) is 11.6. The molecule has 24 heavy (non-hydrogen) atoms. The van der Waals surface area contributed by atoms with Crippen LogP contribution in [-0.4, -0.2) is 19.6 Å². The largest absolute Gasteiger partial charge is 0.496 e. The van der Waals surface area contributed by atoms with Gasteiger partial charge >= 0.3 is 0 Å². The number of ether oxygens (including phenoxy) is 1. The number of benzene rings is 2. The van der Waals surface area contributed by atoms with Gasteiger partial charge in [0.05, 0.1) is 7.11 Å². The predicted octanol–water partition coefficient (Wildman–Crippen LogP) is 3.86. The van der Waals surface area contributed by atoms with Crippen LogP contribution in [0.25, 0.3) is 0 Å². The summed E-state index contributed by atoms with van der Waals surface area (Å²) < 4.78 is 5.41. The van der Waals surface area contributed by atoms with Crippen LogP contribution in [0.2, 0.25) is 0 Å². The van der Waals surface area contributed by atoms with Crippen molar-refractivity contribution in [3.8, 4) is 5.75 Å². The summed E-state index contributed by atoms with van der Waals surface area (Å²) in [7, 11) is 1.70. The number of methoxy groups -OCH3 is 1. The van der Waals surface area contributed by atoms with Gasteiger partial charge in [-0.15, -0.1) is 0 Å². The van der Waals surface area contributed by atoms with Crippen LogP contribution in [0.3, 0.4) is 0 Å². The van der Waals surface area contributed by atoms with Crippen LogP contribution < -0.4 is 10.1 Å². The minimum absolute atomic E-state index is 0.104. The van der Waals surface area contributed by atoms with Crippen LogP contribution >= 0.6 is 0 Å². The van der Waals surface area contributed by atoms with E-state index in [1.54, 1.807) is 7.11 Å². The van der Waals surface area contributed by atoms with Gasteiger partial charge in [-0.05, 0) is 48.9 Å². The van der Waals surface area contributed by atoms with Gasteiger partial charge in [0.15, 0.2) is 0 Å². The van der Waals surface area contributed by atoms with E-state index >= 15 is 0 Å². The highest BCUT2D eigenvalue weighted by Gasteiger charge is 2.05. The summed E-state index contributed by atoms with van der Waals surface area (Å²) in [6.07, 6.45) is 3.09. The molecule has 0 aliphatic rings. The first-order valence-electron chi connectivity index (χ1n) is 8.60. The zero-order valence-corrected chi connectivity index (χ0v) is 14.9. The van der Waals surface area contributed by atoms with Gasteiger partial charge in [-0.1, -0.05) is 48.9 Å². The molecule has 0 atom stereocenters. The quantitative estimate of drug-likeness (QED) is 0.800. The Bertz CT molecular complexity index is 662. The fourth-order valence-corrected chi connectivity index (χ4v) is 2.68. The molecular weight excluding hydrogens is 298 g/mol. The maximum Gasteiger partial charge on any atom is 0.220 e. The zero-order chi connectivity index (χ0) is 17.4. The van der Waals surface area contributed by atoms with Gasteiger partial charge in [0.2, 0.25) is 5.91 Å². The Kier molecular flexibility index (Phi) is 6.86. The van der Waals surface area contributed by atoms with Crippen molar-refractivity contribution < 1.29 is 9.53 Å². The Morgan fingerprint density at radius 1 is 1.04 bits per heavy atom. The molecule has 3 heteroatoms. The smallest absolute Gasteiger partial charge is 0.220 e. The van der Waals surface area contributed by atoms with Gasteiger partial charge in [0.25, 0.3) is 0 Å². The van der Waals surface area contributed by atoms with Crippen LogP contribution in [0, 0.1) is 6.92 Å². The standard InChI is InChI=1S/C21H27NO2/c1-4-19-11-9-18(15-20(19)24-3)13-14-22-21(23)12-10-17-7-5-16(2)6-8-17/h5-9,11,15H,4,10,12-14H2,1-3H3,(H,22,23). The molecule has 0 fully saturated rings. The highest BCUT2D eigenvalue weighted by molar-refractivity contribution is 5.76. The van der Waals surface area contributed by atoms with Crippen LogP contribution in [-0.2, 0) is 24.1 Å². The van der Waals surface area contributed by atoms with Crippen molar-refractivity contribution in [1.29, 1.82) is 0 Å². The molecule has 0 spiro atoms. The van der Waals surface area contributed by atoms with E-state index in [4.69, 9.17) is 4.74 Å². The number of nitrogens with one attached hydrogen (secondary N) is 1. The number of carbonyl (C=O) groups is 1. The van der Waals surface area contributed by atoms with Crippen molar-refractivity contribution >= 4 is 5.91 Å². The average Bonchev–Trinajstić information content (AvgIpc) is 2.61. The summed E-state index contributed by atoms with van der Waals surface area (Å²) >= 11 is 0. The van der Waals surface area contributed by atoms with Crippen LogP contribution in [0.1, 0.15) is 35.6 Å². The number of hydrogen-bond donors (Lipinski definition) is 1. The molecule has 2 rings (SSSR count). The molecule has 3 nitrogen and oxygen atoms in total. The summed E-state index contributed by atoms with van der Waals surface area (Å²) in [5.41, 5.74) is 4.84. The summed E-state index contributed by atoms with van der Waals surface area (Å²) in [4.78, 5) is 12.0. The third kappa shape index (κ3) is 5.41. The van der Waals surface area contributed by atoms with Crippen molar-refractivity contribution in [3.63, 3.8) is 0 Å². The van der Waals surface area contributed by atoms with Crippen LogP contribution in [0.4, 0.5) is 0 Å². The van der Waals surface area contributed by atoms with E-state index in [-0.39, 0.29) is 5.91 Å². The fraction of sp³-hybridized carbons (Fsp3) is 0.381. The average molecular weight is 325 g/mol. The SMILES string of the molecule is CCc1ccc(CCNC(=O)CCc2ccc(C)cc2)cc1OC. The molecule has 0 aliphatic carbocycles. The Hall–Kier alpha value is -2.29. The Morgan fingerprint density at radius 3 is 2.42 bits per heavy atom. The van der Waals surface area contributed by atoms with Crippen LogP contribution in [0.15, 0.2) is 42.5 Å². The Labute approximate surface area is 145 Å². The number of aryl methyl sites for hydroxylation is 3. The monoisotopic (exact) mass is 325 g/mol. The van der Waals surface area contributed by atoms with Gasteiger partial charge in [-0.2, -0.15) is 0 Å². The van der Waals surface area contributed by atoms with E-state index in [1.807, 2.05) is 0 Å². The fourth-order valence-electron chi connectivity index (χ4n) is 2.68. The number of rotatable bonds is 8. The summed E-state index contributed by atoms with van der Waals surface area (Å²) in [6, 6.07) is 14.6. The number of hydrogen-bond acceptors (Lipinski definition) is 2. The van der Waals surface area contributed by atoms with Crippen molar-refractivity contribution in [3.05, 3.63) is 64.7 Å². The Morgan fingerprint density at radius 2 is 1.75 bits per heavy atom. The minimum atomic E-state index is 0.104. The van der Waals surface area contributed by atoms with E-state index in [2.05, 4.69) is 61.6 Å². The van der Waals surface area contributed by atoms with Gasteiger partial charge in [-0.3, -0.25) is 4.79 Å². The molecule has 0 saturated carbocycles. The minimum Gasteiger partial charge on any atom is -0.496 e. The molecule has 0 saturated heterocycles. The van der Waals surface area contributed by atoms with Gasteiger partial charge < -0.3 is 10.1 Å². The first kappa shape index (κ1) is 18.1. The lowest BCUT2D eigenvalue weighted by molar-refractivity contribution is -0.121. The molecule has 0 radical (unpaired) electrons. The van der Waals surface area contributed by atoms with E-state index in [0.29, 0.717) is 13.0 Å². The van der Waals surface area contributed by atoms with Crippen molar-refractivity contribution in [1.82, 2.24) is 5.32 Å². The van der Waals surface area contributed by atoms with E-state index in [9.17, 15) is 4.79 Å². The third-order valence-corrected chi connectivity index (χ3v) is 4.23. The van der Waals surface area contributed by atoms with Gasteiger partial charge in [0.1, 0.15) is 5.75 Å². The maximum atomic E-state index is 12.0. The lowest BCUT2D eigenvalue weighted by Gasteiger charge is -2.10. The predicted molar refractivity (Wildman–Crippen MR) is 98.6 cm³/mol. The Balaban J connectivity index is 1.75. The molecule has 0 aromatic heterocycles. The number of carbonyl (C=O) groups excluding carboxylic acids is 1. The zero-order valence-electron chi connectivity index (χ0n) is 14.9. The number of amides is 1. The van der Waals surface area contributed by atoms with E-state index < -0.39 is 0 Å². The van der Waals surface area contributed by atoms with Gasteiger partial charge in [-0.25, -0.2) is 0 Å². The summed E-state index contributed by atoms with van der Waals surface area (Å²) in [5, 5.41) is 3.00. The second-order valence-electron chi connectivity index (χ2n) is 6.09. The molecular formula is C21H27NO2. The van der Waals surface area contributed by atoms with Gasteiger partial charge in [0, 0.05) is 13.0 Å². The van der Waals surface area contributed by atoms with Crippen molar-refractivity contribution in [2.45, 2.75) is 39.5 Å². The van der Waals surface area contributed by atoms with E-state index in [1.165, 1.54) is 22.3 Å². The molecule has 0 heterocycles. The second kappa shape index (κ2) is 9.11. The molecule has 1 N–H and O–H groups in total. The normalized spacial score (nSPS) is 10.5.